The van der Waals surface area contributed by atoms with Crippen LogP contribution in [-0.4, -0.2) is 18.2 Å². The van der Waals surface area contributed by atoms with Crippen molar-refractivity contribution in [3.05, 3.63) is 0 Å². The lowest BCUT2D eigenvalue weighted by Crippen LogP contribution is -2.39. The summed E-state index contributed by atoms with van der Waals surface area (Å²) in [5.41, 5.74) is 2.72. The van der Waals surface area contributed by atoms with Crippen LogP contribution in [0.25, 0.3) is 0 Å². The minimum atomic E-state index is 0.269. The van der Waals surface area contributed by atoms with Gasteiger partial charge in [0.2, 0.25) is 0 Å². The molecule has 0 spiro atoms. The number of ether oxygens (including phenoxy) is 1. The Bertz CT molecular complexity index is 97.1. The minimum absolute atomic E-state index is 0.269. The molecule has 0 bridgehead atoms. The van der Waals surface area contributed by atoms with Gasteiger partial charge in [-0.3, -0.25) is 11.3 Å². The lowest BCUT2D eigenvalue weighted by atomic mass is 10.1. The van der Waals surface area contributed by atoms with Crippen LogP contribution in [0.15, 0.2) is 0 Å². The first-order chi connectivity index (χ1) is 4.24. The van der Waals surface area contributed by atoms with Crippen LogP contribution >= 0.6 is 0 Å². The summed E-state index contributed by atoms with van der Waals surface area (Å²) in [6.07, 6.45) is 1.66. The first kappa shape index (κ1) is 6.99. The summed E-state index contributed by atoms with van der Waals surface area (Å²) in [5, 5.41) is 0. The van der Waals surface area contributed by atoms with Gasteiger partial charge < -0.3 is 4.74 Å². The van der Waals surface area contributed by atoms with Crippen LogP contribution in [-0.2, 0) is 4.74 Å². The Labute approximate surface area is 55.5 Å². The molecule has 0 aromatic rings. The lowest BCUT2D eigenvalue weighted by Gasteiger charge is -2.10. The van der Waals surface area contributed by atoms with Crippen molar-refractivity contribution in [3.63, 3.8) is 0 Å². The zero-order valence-electron chi connectivity index (χ0n) is 5.92. The smallest absolute Gasteiger partial charge is 0.0718 e. The fraction of sp³-hybridized carbons (Fsp3) is 1.00. The van der Waals surface area contributed by atoms with Crippen LogP contribution in [0, 0.1) is 0 Å². The summed E-state index contributed by atoms with van der Waals surface area (Å²) in [6.45, 7) is 4.10. The maximum atomic E-state index is 5.42. The molecule has 9 heavy (non-hydrogen) atoms. The number of nitrogens with two attached hydrogens (primary N) is 1. The predicted molar refractivity (Wildman–Crippen MR) is 35.7 cm³/mol. The topological polar surface area (TPSA) is 47.3 Å². The van der Waals surface area contributed by atoms with Crippen molar-refractivity contribution < 1.29 is 4.74 Å². The van der Waals surface area contributed by atoms with Crippen molar-refractivity contribution >= 4 is 0 Å². The number of rotatable bonds is 1. The monoisotopic (exact) mass is 130 g/mol. The van der Waals surface area contributed by atoms with Gasteiger partial charge in [-0.15, -0.1) is 0 Å². The number of nitrogens with one attached hydrogen (secondary N) is 1. The maximum Gasteiger partial charge on any atom is 0.0718 e. The minimum Gasteiger partial charge on any atom is -0.374 e. The van der Waals surface area contributed by atoms with Gasteiger partial charge in [0, 0.05) is 6.04 Å². The molecule has 1 heterocycles. The van der Waals surface area contributed by atoms with Crippen molar-refractivity contribution in [1.82, 2.24) is 5.43 Å². The Morgan fingerprint density at radius 2 is 2.22 bits per heavy atom. The Hall–Kier alpha value is -0.120. The van der Waals surface area contributed by atoms with E-state index in [1.165, 1.54) is 0 Å². The van der Waals surface area contributed by atoms with E-state index in [0.29, 0.717) is 12.1 Å². The molecule has 3 atom stereocenters. The second-order valence-electron chi connectivity index (χ2n) is 2.66. The number of hydrogen-bond donors (Lipinski definition) is 2. The molecule has 3 N–H and O–H groups in total. The highest BCUT2D eigenvalue weighted by atomic mass is 16.5. The van der Waals surface area contributed by atoms with E-state index >= 15 is 0 Å². The van der Waals surface area contributed by atoms with Crippen molar-refractivity contribution in [1.29, 1.82) is 0 Å². The predicted octanol–water partition coefficient (Wildman–Crippen LogP) is 0.0156. The summed E-state index contributed by atoms with van der Waals surface area (Å²) in [5.74, 6) is 5.26. The fourth-order valence-corrected chi connectivity index (χ4v) is 1.27. The van der Waals surface area contributed by atoms with E-state index in [1.807, 2.05) is 6.92 Å². The van der Waals surface area contributed by atoms with Crippen molar-refractivity contribution in [2.75, 3.05) is 0 Å². The van der Waals surface area contributed by atoms with Crippen LogP contribution in [0.4, 0.5) is 0 Å². The van der Waals surface area contributed by atoms with Crippen LogP contribution in [0.1, 0.15) is 20.3 Å². The summed E-state index contributed by atoms with van der Waals surface area (Å²) < 4.78 is 5.42. The average Bonchev–Trinajstić information content (AvgIpc) is 2.10. The van der Waals surface area contributed by atoms with E-state index in [-0.39, 0.29) is 6.10 Å². The highest BCUT2D eigenvalue weighted by molar-refractivity contribution is 4.81. The molecule has 3 heteroatoms. The molecule has 0 amide bonds. The maximum absolute atomic E-state index is 5.42. The third kappa shape index (κ3) is 1.41. The second-order valence-corrected chi connectivity index (χ2v) is 2.66. The van der Waals surface area contributed by atoms with Crippen molar-refractivity contribution in [2.24, 2.45) is 5.84 Å². The van der Waals surface area contributed by atoms with E-state index in [0.717, 1.165) is 6.42 Å². The molecule has 1 saturated heterocycles. The van der Waals surface area contributed by atoms with E-state index in [9.17, 15) is 0 Å². The van der Waals surface area contributed by atoms with Crippen molar-refractivity contribution in [2.45, 2.75) is 38.5 Å². The molecule has 1 aliphatic rings. The molecule has 0 saturated carbocycles. The largest absolute Gasteiger partial charge is 0.374 e. The van der Waals surface area contributed by atoms with Crippen LogP contribution in [0.5, 0.6) is 0 Å². The SMILES string of the molecule is CC1CC(NN)C(C)O1. The molecule has 3 unspecified atom stereocenters. The van der Waals surface area contributed by atoms with Crippen LogP contribution in [0.2, 0.25) is 0 Å². The zero-order chi connectivity index (χ0) is 6.85. The molecule has 1 fully saturated rings. The first-order valence-electron chi connectivity index (χ1n) is 3.35. The third-order valence-corrected chi connectivity index (χ3v) is 1.81. The number of hydrazine groups is 1. The van der Waals surface area contributed by atoms with E-state index in [4.69, 9.17) is 10.6 Å². The van der Waals surface area contributed by atoms with Gasteiger partial charge in [-0.05, 0) is 20.3 Å². The number of hydrogen-bond acceptors (Lipinski definition) is 3. The van der Waals surface area contributed by atoms with Crippen LogP contribution < -0.4 is 11.3 Å². The molecule has 1 rings (SSSR count). The van der Waals surface area contributed by atoms with Crippen molar-refractivity contribution in [3.8, 4) is 0 Å². The van der Waals surface area contributed by atoms with Gasteiger partial charge in [-0.25, -0.2) is 0 Å². The lowest BCUT2D eigenvalue weighted by molar-refractivity contribution is 0.0607. The molecule has 3 nitrogen and oxygen atoms in total. The van der Waals surface area contributed by atoms with Gasteiger partial charge in [0.05, 0.1) is 12.2 Å². The van der Waals surface area contributed by atoms with E-state index in [2.05, 4.69) is 12.3 Å². The standard InChI is InChI=1S/C6H14N2O/c1-4-3-6(8-7)5(2)9-4/h4-6,8H,3,7H2,1-2H3. The Balaban J connectivity index is 2.38. The highest BCUT2D eigenvalue weighted by Crippen LogP contribution is 2.18. The van der Waals surface area contributed by atoms with Gasteiger partial charge in [-0.1, -0.05) is 0 Å². The van der Waals surface area contributed by atoms with E-state index < -0.39 is 0 Å². The molecule has 1 aliphatic heterocycles. The first-order valence-corrected chi connectivity index (χ1v) is 3.35. The summed E-state index contributed by atoms with van der Waals surface area (Å²) in [7, 11) is 0. The van der Waals surface area contributed by atoms with Gasteiger partial charge in [0.15, 0.2) is 0 Å². The molecular formula is C6H14N2O. The summed E-state index contributed by atoms with van der Waals surface area (Å²) >= 11 is 0. The average molecular weight is 130 g/mol. The quantitative estimate of drug-likeness (QED) is 0.388. The van der Waals surface area contributed by atoms with Gasteiger partial charge in [-0.2, -0.15) is 0 Å². The normalized spacial score (nSPS) is 43.7. The summed E-state index contributed by atoms with van der Waals surface area (Å²) in [4.78, 5) is 0. The Morgan fingerprint density at radius 3 is 2.44 bits per heavy atom. The van der Waals surface area contributed by atoms with E-state index in [1.54, 1.807) is 0 Å². The molecule has 0 aliphatic carbocycles. The molecule has 0 aromatic heterocycles. The van der Waals surface area contributed by atoms with Gasteiger partial charge in [0.1, 0.15) is 0 Å². The summed E-state index contributed by atoms with van der Waals surface area (Å²) in [6, 6.07) is 0.347. The Kier molecular flexibility index (Phi) is 2.05. The second kappa shape index (κ2) is 2.64. The van der Waals surface area contributed by atoms with Gasteiger partial charge in [0.25, 0.3) is 0 Å². The third-order valence-electron chi connectivity index (χ3n) is 1.81. The Morgan fingerprint density at radius 1 is 1.56 bits per heavy atom. The van der Waals surface area contributed by atoms with Crippen LogP contribution in [0.3, 0.4) is 0 Å². The highest BCUT2D eigenvalue weighted by Gasteiger charge is 2.27. The molecule has 54 valence electrons. The fourth-order valence-electron chi connectivity index (χ4n) is 1.27. The zero-order valence-corrected chi connectivity index (χ0v) is 5.92. The molecule has 0 radical (unpaired) electrons. The van der Waals surface area contributed by atoms with Gasteiger partial charge >= 0.3 is 0 Å². The molecule has 0 aromatic carbocycles. The molecular weight excluding hydrogens is 116 g/mol.